The summed E-state index contributed by atoms with van der Waals surface area (Å²) >= 11 is 3.31. The topological polar surface area (TPSA) is 53.2 Å². The van der Waals surface area contributed by atoms with Crippen LogP contribution in [0.5, 0.6) is 0 Å². The van der Waals surface area contributed by atoms with E-state index in [9.17, 15) is 14.0 Å². The van der Waals surface area contributed by atoms with Crippen LogP contribution in [-0.2, 0) is 6.54 Å². The Morgan fingerprint density at radius 1 is 1.23 bits per heavy atom. The van der Waals surface area contributed by atoms with Crippen molar-refractivity contribution in [2.24, 2.45) is 0 Å². The van der Waals surface area contributed by atoms with E-state index in [0.717, 1.165) is 4.47 Å². The van der Waals surface area contributed by atoms with Gasteiger partial charge in [-0.05, 0) is 35.7 Å². The molecular formula is C20H16BrFN2O2. The van der Waals surface area contributed by atoms with E-state index in [1.807, 2.05) is 0 Å². The van der Waals surface area contributed by atoms with Gasteiger partial charge in [0.15, 0.2) is 0 Å². The lowest BCUT2D eigenvalue weighted by Crippen LogP contribution is -2.32. The van der Waals surface area contributed by atoms with Crippen molar-refractivity contribution in [3.8, 4) is 0 Å². The number of nitrogens with zero attached hydrogens (tertiary/aromatic N) is 1. The normalized spacial score (nSPS) is 10.7. The highest BCUT2D eigenvalue weighted by molar-refractivity contribution is 9.10. The molecule has 132 valence electrons. The molecule has 0 bridgehead atoms. The first-order valence-electron chi connectivity index (χ1n) is 7.96. The molecule has 1 aromatic heterocycles. The minimum atomic E-state index is -0.401. The maximum absolute atomic E-state index is 14.1. The van der Waals surface area contributed by atoms with Crippen molar-refractivity contribution in [1.82, 2.24) is 9.88 Å². The SMILES string of the molecule is C=CCN(Cc1cc(Br)ccc1F)C(=O)c1cc2ccccc2c(=O)[nH]1. The minimum absolute atomic E-state index is 0.0605. The third kappa shape index (κ3) is 3.75. The average molecular weight is 415 g/mol. The standard InChI is InChI=1S/C20H16BrFN2O2/c1-2-9-24(12-14-10-15(21)7-8-17(14)22)20(26)18-11-13-5-3-4-6-16(13)19(25)23-18/h2-8,10-11H,1,9,12H2,(H,23,25). The number of hydrogen-bond acceptors (Lipinski definition) is 2. The van der Waals surface area contributed by atoms with Crippen molar-refractivity contribution in [3.63, 3.8) is 0 Å². The Bertz CT molecular complexity index is 1050. The molecule has 4 nitrogen and oxygen atoms in total. The van der Waals surface area contributed by atoms with E-state index in [0.29, 0.717) is 16.3 Å². The predicted molar refractivity (Wildman–Crippen MR) is 104 cm³/mol. The van der Waals surface area contributed by atoms with Gasteiger partial charge in [0.1, 0.15) is 11.5 Å². The Morgan fingerprint density at radius 3 is 2.77 bits per heavy atom. The summed E-state index contributed by atoms with van der Waals surface area (Å²) in [4.78, 5) is 29.2. The molecule has 3 aromatic rings. The molecule has 0 aliphatic rings. The average Bonchev–Trinajstić information content (AvgIpc) is 2.63. The third-order valence-corrected chi connectivity index (χ3v) is 4.48. The van der Waals surface area contributed by atoms with Crippen LogP contribution in [0.15, 0.2) is 70.5 Å². The number of fused-ring (bicyclic) bond motifs is 1. The van der Waals surface area contributed by atoms with Gasteiger partial charge < -0.3 is 9.88 Å². The smallest absolute Gasteiger partial charge is 0.270 e. The number of halogens is 2. The molecule has 1 heterocycles. The fraction of sp³-hybridized carbons (Fsp3) is 0.100. The van der Waals surface area contributed by atoms with Crippen LogP contribution in [0.1, 0.15) is 16.1 Å². The van der Waals surface area contributed by atoms with E-state index in [-0.39, 0.29) is 24.3 Å². The molecule has 6 heteroatoms. The van der Waals surface area contributed by atoms with E-state index in [2.05, 4.69) is 27.5 Å². The van der Waals surface area contributed by atoms with Crippen LogP contribution in [0, 0.1) is 5.82 Å². The fourth-order valence-corrected chi connectivity index (χ4v) is 3.15. The summed E-state index contributed by atoms with van der Waals surface area (Å²) in [6.45, 7) is 3.94. The van der Waals surface area contributed by atoms with E-state index >= 15 is 0 Å². The fourth-order valence-electron chi connectivity index (χ4n) is 2.74. The van der Waals surface area contributed by atoms with Gasteiger partial charge >= 0.3 is 0 Å². The Balaban J connectivity index is 1.97. The van der Waals surface area contributed by atoms with Crippen LogP contribution in [0.25, 0.3) is 10.8 Å². The number of nitrogens with one attached hydrogen (secondary N) is 1. The summed E-state index contributed by atoms with van der Waals surface area (Å²) in [6, 6.07) is 13.2. The van der Waals surface area contributed by atoms with Gasteiger partial charge in [-0.15, -0.1) is 6.58 Å². The van der Waals surface area contributed by atoms with E-state index in [1.165, 1.54) is 11.0 Å². The minimum Gasteiger partial charge on any atom is -0.329 e. The number of H-pyrrole nitrogens is 1. The second-order valence-corrected chi connectivity index (χ2v) is 6.73. The summed E-state index contributed by atoms with van der Waals surface area (Å²) in [7, 11) is 0. The molecule has 0 radical (unpaired) electrons. The summed E-state index contributed by atoms with van der Waals surface area (Å²) in [5.41, 5.74) is 0.197. The summed E-state index contributed by atoms with van der Waals surface area (Å²) in [5.74, 6) is -0.797. The second-order valence-electron chi connectivity index (χ2n) is 5.81. The van der Waals surface area contributed by atoms with Gasteiger partial charge in [0.05, 0.1) is 0 Å². The Kier molecular flexibility index (Phi) is 5.32. The Hall–Kier alpha value is -2.73. The van der Waals surface area contributed by atoms with Gasteiger partial charge in [0.25, 0.3) is 11.5 Å². The quantitative estimate of drug-likeness (QED) is 0.634. The van der Waals surface area contributed by atoms with Gasteiger partial charge in [-0.3, -0.25) is 9.59 Å². The van der Waals surface area contributed by atoms with Gasteiger partial charge in [-0.2, -0.15) is 0 Å². The van der Waals surface area contributed by atoms with Gasteiger partial charge in [-0.1, -0.05) is 40.2 Å². The van der Waals surface area contributed by atoms with E-state index in [4.69, 9.17) is 0 Å². The molecule has 0 aliphatic carbocycles. The molecule has 0 unspecified atom stereocenters. The van der Waals surface area contributed by atoms with Gasteiger partial charge in [0, 0.05) is 28.5 Å². The highest BCUT2D eigenvalue weighted by Crippen LogP contribution is 2.19. The number of rotatable bonds is 5. The van der Waals surface area contributed by atoms with Crippen LogP contribution >= 0.6 is 15.9 Å². The maximum Gasteiger partial charge on any atom is 0.270 e. The largest absolute Gasteiger partial charge is 0.329 e. The molecule has 1 amide bonds. The van der Waals surface area contributed by atoms with Crippen LogP contribution < -0.4 is 5.56 Å². The lowest BCUT2D eigenvalue weighted by atomic mass is 10.1. The number of hydrogen-bond donors (Lipinski definition) is 1. The molecular weight excluding hydrogens is 399 g/mol. The number of amides is 1. The highest BCUT2D eigenvalue weighted by Gasteiger charge is 2.18. The zero-order valence-corrected chi connectivity index (χ0v) is 15.4. The maximum atomic E-state index is 14.1. The molecule has 1 N–H and O–H groups in total. The number of carbonyl (C=O) groups is 1. The Morgan fingerprint density at radius 2 is 2.00 bits per heavy atom. The van der Waals surface area contributed by atoms with Crippen molar-refractivity contribution < 1.29 is 9.18 Å². The number of benzene rings is 2. The number of pyridine rings is 1. The summed E-state index contributed by atoms with van der Waals surface area (Å²) in [5, 5.41) is 1.18. The van der Waals surface area contributed by atoms with Crippen LogP contribution in [0.4, 0.5) is 4.39 Å². The number of aromatic amines is 1. The molecule has 3 rings (SSSR count). The first-order chi connectivity index (χ1) is 12.5. The lowest BCUT2D eigenvalue weighted by molar-refractivity contribution is 0.0755. The van der Waals surface area contributed by atoms with Crippen LogP contribution in [0.2, 0.25) is 0 Å². The van der Waals surface area contributed by atoms with Crippen molar-refractivity contribution in [3.05, 3.63) is 93.1 Å². The molecule has 0 saturated heterocycles. The molecule has 0 fully saturated rings. The lowest BCUT2D eigenvalue weighted by Gasteiger charge is -2.21. The van der Waals surface area contributed by atoms with Crippen molar-refractivity contribution in [2.75, 3.05) is 6.54 Å². The number of carbonyl (C=O) groups excluding carboxylic acids is 1. The molecule has 2 aromatic carbocycles. The first kappa shape index (κ1) is 18.1. The van der Waals surface area contributed by atoms with Crippen LogP contribution in [-0.4, -0.2) is 22.3 Å². The molecule has 26 heavy (non-hydrogen) atoms. The zero-order valence-electron chi connectivity index (χ0n) is 13.8. The van der Waals surface area contributed by atoms with Gasteiger partial charge in [-0.25, -0.2) is 4.39 Å². The Labute approximate surface area is 158 Å². The predicted octanol–water partition coefficient (Wildman–Crippen LogP) is 4.26. The molecule has 0 saturated carbocycles. The molecule has 0 atom stereocenters. The molecule has 0 aliphatic heterocycles. The van der Waals surface area contributed by atoms with E-state index < -0.39 is 11.7 Å². The second kappa shape index (κ2) is 7.66. The monoisotopic (exact) mass is 414 g/mol. The van der Waals surface area contributed by atoms with Crippen molar-refractivity contribution >= 4 is 32.6 Å². The summed E-state index contributed by atoms with van der Waals surface area (Å²) < 4.78 is 14.8. The van der Waals surface area contributed by atoms with Crippen molar-refractivity contribution in [1.29, 1.82) is 0 Å². The first-order valence-corrected chi connectivity index (χ1v) is 8.75. The van der Waals surface area contributed by atoms with Crippen LogP contribution in [0.3, 0.4) is 0 Å². The van der Waals surface area contributed by atoms with E-state index in [1.54, 1.807) is 48.5 Å². The summed E-state index contributed by atoms with van der Waals surface area (Å²) in [6.07, 6.45) is 1.56. The highest BCUT2D eigenvalue weighted by atomic mass is 79.9. The van der Waals surface area contributed by atoms with Gasteiger partial charge in [0.2, 0.25) is 0 Å². The third-order valence-electron chi connectivity index (χ3n) is 3.99. The number of aromatic nitrogens is 1. The zero-order chi connectivity index (χ0) is 18.7. The molecule has 0 spiro atoms. The van der Waals surface area contributed by atoms with Crippen molar-refractivity contribution in [2.45, 2.75) is 6.54 Å².